The number of rotatable bonds is 4. The fraction of sp³-hybridized carbons (Fsp3) is 0.650. The lowest BCUT2D eigenvalue weighted by molar-refractivity contribution is -0.130. The summed E-state index contributed by atoms with van der Waals surface area (Å²) in [7, 11) is 0. The molecule has 0 aromatic carbocycles. The highest BCUT2D eigenvalue weighted by molar-refractivity contribution is 7.14. The number of ether oxygens (including phenoxy) is 1. The maximum Gasteiger partial charge on any atom is 0.349 e. The number of fused-ring (bicyclic) bond motifs is 1. The number of nitrogens with one attached hydrogen (secondary N) is 1. The van der Waals surface area contributed by atoms with Gasteiger partial charge in [-0.1, -0.05) is 25.7 Å². The van der Waals surface area contributed by atoms with Crippen LogP contribution in [0.4, 0.5) is 0 Å². The number of hydrogen-bond acceptors (Lipinski definition) is 5. The van der Waals surface area contributed by atoms with Crippen molar-refractivity contribution in [3.63, 3.8) is 0 Å². The van der Waals surface area contributed by atoms with Crippen molar-refractivity contribution < 1.29 is 14.3 Å². The fourth-order valence-electron chi connectivity index (χ4n) is 3.80. The first-order valence-electron chi connectivity index (χ1n) is 9.59. The average Bonchev–Trinajstić information content (AvgIpc) is 2.93. The summed E-state index contributed by atoms with van der Waals surface area (Å²) in [6, 6.07) is 4.18. The second-order valence-electron chi connectivity index (χ2n) is 7.41. The van der Waals surface area contributed by atoms with Crippen molar-refractivity contribution >= 4 is 23.2 Å². The van der Waals surface area contributed by atoms with E-state index < -0.39 is 17.6 Å². The van der Waals surface area contributed by atoms with Crippen LogP contribution in [0.5, 0.6) is 0 Å². The standard InChI is InChI=1S/C20H26N2O3S/c1-14(18(23)22-20(13-21)10-6-3-7-11-20)25-19(24)17-12-15-8-4-2-5-9-16(15)26-17/h12,14H,2-11H2,1H3,(H,22,23). The number of nitrogens with zero attached hydrogens (tertiary/aromatic N) is 1. The van der Waals surface area contributed by atoms with Crippen LogP contribution in [0.1, 0.15) is 78.4 Å². The van der Waals surface area contributed by atoms with Gasteiger partial charge in [-0.2, -0.15) is 5.26 Å². The minimum absolute atomic E-state index is 0.389. The topological polar surface area (TPSA) is 79.2 Å². The molecule has 2 aliphatic rings. The molecule has 0 saturated heterocycles. The number of nitriles is 1. The molecule has 26 heavy (non-hydrogen) atoms. The van der Waals surface area contributed by atoms with Crippen LogP contribution < -0.4 is 5.32 Å². The maximum atomic E-state index is 12.4. The van der Waals surface area contributed by atoms with Gasteiger partial charge in [-0.05, 0) is 57.1 Å². The molecule has 1 aromatic heterocycles. The number of thiophene rings is 1. The van der Waals surface area contributed by atoms with Crippen molar-refractivity contribution in [1.29, 1.82) is 5.26 Å². The molecule has 1 aromatic rings. The van der Waals surface area contributed by atoms with Gasteiger partial charge in [0.1, 0.15) is 10.4 Å². The third-order valence-electron chi connectivity index (χ3n) is 5.38. The van der Waals surface area contributed by atoms with Gasteiger partial charge in [-0.25, -0.2) is 4.79 Å². The Morgan fingerprint density at radius 2 is 1.88 bits per heavy atom. The summed E-state index contributed by atoms with van der Waals surface area (Å²) in [5.74, 6) is -0.833. The molecule has 1 fully saturated rings. The lowest BCUT2D eigenvalue weighted by atomic mass is 9.83. The van der Waals surface area contributed by atoms with Gasteiger partial charge in [0.2, 0.25) is 0 Å². The van der Waals surface area contributed by atoms with E-state index >= 15 is 0 Å². The summed E-state index contributed by atoms with van der Waals surface area (Å²) in [5.41, 5.74) is 0.443. The Bertz CT molecular complexity index is 690. The molecular formula is C20H26N2O3S. The summed E-state index contributed by atoms with van der Waals surface area (Å²) in [5, 5.41) is 12.3. The summed E-state index contributed by atoms with van der Waals surface area (Å²) in [6.45, 7) is 1.57. The molecule has 0 radical (unpaired) electrons. The zero-order chi connectivity index (χ0) is 18.6. The molecule has 1 saturated carbocycles. The van der Waals surface area contributed by atoms with Gasteiger partial charge in [0.15, 0.2) is 6.10 Å². The molecule has 1 atom stereocenters. The van der Waals surface area contributed by atoms with E-state index in [9.17, 15) is 14.9 Å². The minimum atomic E-state index is -0.906. The van der Waals surface area contributed by atoms with E-state index in [0.29, 0.717) is 17.7 Å². The quantitative estimate of drug-likeness (QED) is 0.640. The number of carbonyl (C=O) groups is 2. The highest BCUT2D eigenvalue weighted by Gasteiger charge is 2.35. The van der Waals surface area contributed by atoms with E-state index in [0.717, 1.165) is 44.9 Å². The SMILES string of the molecule is CC(OC(=O)c1cc2c(s1)CCCCC2)C(=O)NC1(C#N)CCCCC1. The van der Waals surface area contributed by atoms with Gasteiger partial charge in [0.25, 0.3) is 5.91 Å². The zero-order valence-corrected chi connectivity index (χ0v) is 16.1. The molecule has 1 N–H and O–H groups in total. The van der Waals surface area contributed by atoms with Crippen LogP contribution in [0.15, 0.2) is 6.07 Å². The van der Waals surface area contributed by atoms with Crippen molar-refractivity contribution in [3.05, 3.63) is 21.4 Å². The molecule has 5 nitrogen and oxygen atoms in total. The van der Waals surface area contributed by atoms with E-state index in [1.54, 1.807) is 6.92 Å². The highest BCUT2D eigenvalue weighted by atomic mass is 32.1. The van der Waals surface area contributed by atoms with Crippen LogP contribution in [0.2, 0.25) is 0 Å². The van der Waals surface area contributed by atoms with Crippen LogP contribution >= 0.6 is 11.3 Å². The van der Waals surface area contributed by atoms with E-state index in [2.05, 4.69) is 11.4 Å². The van der Waals surface area contributed by atoms with E-state index in [1.807, 2.05) is 6.07 Å². The van der Waals surface area contributed by atoms with Gasteiger partial charge in [-0.15, -0.1) is 11.3 Å². The lowest BCUT2D eigenvalue weighted by Crippen LogP contribution is -2.52. The van der Waals surface area contributed by atoms with Crippen molar-refractivity contribution in [2.75, 3.05) is 0 Å². The molecule has 6 heteroatoms. The van der Waals surface area contributed by atoms with E-state index in [-0.39, 0.29) is 5.91 Å². The Morgan fingerprint density at radius 1 is 1.19 bits per heavy atom. The van der Waals surface area contributed by atoms with Crippen LogP contribution in [-0.2, 0) is 22.4 Å². The Hall–Kier alpha value is -1.87. The summed E-state index contributed by atoms with van der Waals surface area (Å²) in [6.07, 6.45) is 8.97. The molecule has 2 aliphatic carbocycles. The zero-order valence-electron chi connectivity index (χ0n) is 15.3. The van der Waals surface area contributed by atoms with Crippen molar-refractivity contribution in [2.24, 2.45) is 0 Å². The van der Waals surface area contributed by atoms with E-state index in [1.165, 1.54) is 28.2 Å². The number of aryl methyl sites for hydroxylation is 2. The maximum absolute atomic E-state index is 12.4. The highest BCUT2D eigenvalue weighted by Crippen LogP contribution is 2.30. The molecule has 3 rings (SSSR count). The smallest absolute Gasteiger partial charge is 0.349 e. The first kappa shape index (κ1) is 18.9. The molecule has 140 valence electrons. The van der Waals surface area contributed by atoms with Crippen molar-refractivity contribution in [2.45, 2.75) is 82.8 Å². The molecule has 0 aliphatic heterocycles. The van der Waals surface area contributed by atoms with Crippen LogP contribution in [0.25, 0.3) is 0 Å². The number of hydrogen-bond donors (Lipinski definition) is 1. The van der Waals surface area contributed by atoms with Gasteiger partial charge in [-0.3, -0.25) is 4.79 Å². The summed E-state index contributed by atoms with van der Waals surface area (Å²) >= 11 is 1.49. The van der Waals surface area contributed by atoms with E-state index in [4.69, 9.17) is 4.74 Å². The first-order valence-corrected chi connectivity index (χ1v) is 10.4. The molecule has 0 bridgehead atoms. The van der Waals surface area contributed by atoms with Gasteiger partial charge >= 0.3 is 5.97 Å². The second-order valence-corrected chi connectivity index (χ2v) is 8.55. The number of carbonyl (C=O) groups excluding carboxylic acids is 2. The molecule has 1 heterocycles. The molecule has 1 amide bonds. The second kappa shape index (κ2) is 8.22. The molecule has 0 spiro atoms. The lowest BCUT2D eigenvalue weighted by Gasteiger charge is -2.32. The third-order valence-corrected chi connectivity index (χ3v) is 6.60. The number of esters is 1. The van der Waals surface area contributed by atoms with Crippen molar-refractivity contribution in [3.8, 4) is 6.07 Å². The first-order chi connectivity index (χ1) is 12.5. The Balaban J connectivity index is 1.60. The normalized spacial score (nSPS) is 20.2. The van der Waals surface area contributed by atoms with Gasteiger partial charge < -0.3 is 10.1 Å². The van der Waals surface area contributed by atoms with Crippen LogP contribution in [0.3, 0.4) is 0 Å². The Labute approximate surface area is 158 Å². The monoisotopic (exact) mass is 374 g/mol. The summed E-state index contributed by atoms with van der Waals surface area (Å²) < 4.78 is 5.39. The van der Waals surface area contributed by atoms with Crippen LogP contribution in [-0.4, -0.2) is 23.5 Å². The molecular weight excluding hydrogens is 348 g/mol. The average molecular weight is 375 g/mol. The Kier molecular flexibility index (Phi) is 5.98. The summed E-state index contributed by atoms with van der Waals surface area (Å²) in [4.78, 5) is 26.7. The van der Waals surface area contributed by atoms with Crippen LogP contribution in [0, 0.1) is 11.3 Å². The van der Waals surface area contributed by atoms with Gasteiger partial charge in [0, 0.05) is 4.88 Å². The largest absolute Gasteiger partial charge is 0.448 e. The number of amides is 1. The van der Waals surface area contributed by atoms with Crippen molar-refractivity contribution in [1.82, 2.24) is 5.32 Å². The minimum Gasteiger partial charge on any atom is -0.448 e. The Morgan fingerprint density at radius 3 is 2.62 bits per heavy atom. The van der Waals surface area contributed by atoms with Gasteiger partial charge in [0.05, 0.1) is 6.07 Å². The predicted octanol–water partition coefficient (Wildman–Crippen LogP) is 3.90. The third kappa shape index (κ3) is 4.27. The molecule has 1 unspecified atom stereocenters. The predicted molar refractivity (Wildman–Crippen MR) is 100 cm³/mol. The fourth-order valence-corrected chi connectivity index (χ4v) is 4.93.